The van der Waals surface area contributed by atoms with Gasteiger partial charge in [0.15, 0.2) is 5.60 Å². The van der Waals surface area contributed by atoms with Crippen molar-refractivity contribution in [3.05, 3.63) is 33.4 Å². The summed E-state index contributed by atoms with van der Waals surface area (Å²) in [4.78, 5) is 40.7. The second kappa shape index (κ2) is 9.07. The molecule has 4 N–H and O–H groups in total. The molecule has 9 heterocycles. The van der Waals surface area contributed by atoms with Gasteiger partial charge in [0.1, 0.15) is 71.7 Å². The highest BCUT2D eigenvalue weighted by molar-refractivity contribution is 5.95. The van der Waals surface area contributed by atoms with Crippen LogP contribution in [-0.4, -0.2) is 120 Å². The van der Waals surface area contributed by atoms with Crippen LogP contribution in [0.25, 0.3) is 0 Å². The molecule has 6 bridgehead atoms. The number of epoxide rings is 3. The van der Waals surface area contributed by atoms with Crippen LogP contribution in [0.4, 0.5) is 0 Å². The molecule has 9 aliphatic heterocycles. The van der Waals surface area contributed by atoms with Crippen LogP contribution < -0.4 is 16.0 Å². The van der Waals surface area contributed by atoms with Gasteiger partial charge in [-0.3, -0.25) is 14.4 Å². The van der Waals surface area contributed by atoms with Gasteiger partial charge in [-0.25, -0.2) is 0 Å². The number of ether oxygens (including phenoxy) is 6. The number of rotatable bonds is 11. The lowest BCUT2D eigenvalue weighted by Gasteiger charge is -2.32. The molecule has 0 saturated carbocycles. The number of aliphatic hydroxyl groups is 1. The monoisotopic (exact) mass is 639 g/mol. The Bertz CT molecular complexity index is 1530. The van der Waals surface area contributed by atoms with Crippen molar-refractivity contribution in [2.24, 2.45) is 0 Å². The third kappa shape index (κ3) is 3.62. The SMILES string of the molecule is CC1=C(C)C2(CNC(=O)CC(O)(CC(=O)NCC34OC(C(C)=C3C)C3OC34)C(=O)NCC34OC(C(C)=C3C)C3OC34)OC1C1OC12. The minimum absolute atomic E-state index is 0.00684. The van der Waals surface area contributed by atoms with E-state index in [0.717, 1.165) is 33.4 Å². The Kier molecular flexibility index (Phi) is 5.81. The van der Waals surface area contributed by atoms with Gasteiger partial charge in [-0.2, -0.15) is 0 Å². The maximum atomic E-state index is 13.8. The zero-order valence-corrected chi connectivity index (χ0v) is 26.9. The van der Waals surface area contributed by atoms with Crippen molar-refractivity contribution in [2.45, 2.75) is 132 Å². The van der Waals surface area contributed by atoms with Crippen LogP contribution in [0.3, 0.4) is 0 Å². The van der Waals surface area contributed by atoms with Gasteiger partial charge < -0.3 is 49.5 Å². The fourth-order valence-electron chi connectivity index (χ4n) is 9.36. The highest BCUT2D eigenvalue weighted by Crippen LogP contribution is 2.59. The third-order valence-electron chi connectivity index (χ3n) is 12.8. The van der Waals surface area contributed by atoms with Crippen molar-refractivity contribution < 1.29 is 47.9 Å². The Balaban J connectivity index is 0.901. The molecule has 46 heavy (non-hydrogen) atoms. The first-order valence-electron chi connectivity index (χ1n) is 16.3. The molecule has 0 aromatic heterocycles. The lowest BCUT2D eigenvalue weighted by Crippen LogP contribution is -2.57. The van der Waals surface area contributed by atoms with E-state index in [1.54, 1.807) is 0 Å². The molecule has 9 rings (SSSR count). The van der Waals surface area contributed by atoms with Crippen LogP contribution in [0.2, 0.25) is 0 Å². The average Bonchev–Trinajstić information content (AvgIpc) is 3.98. The summed E-state index contributed by atoms with van der Waals surface area (Å²) in [7, 11) is 0. The predicted molar refractivity (Wildman–Crippen MR) is 157 cm³/mol. The molecule has 13 heteroatoms. The Morgan fingerprint density at radius 2 is 0.935 bits per heavy atom. The molecule has 6 fully saturated rings. The van der Waals surface area contributed by atoms with Crippen molar-refractivity contribution in [1.29, 1.82) is 0 Å². The first-order chi connectivity index (χ1) is 21.8. The maximum absolute atomic E-state index is 13.8. The molecule has 248 valence electrons. The van der Waals surface area contributed by atoms with E-state index in [-0.39, 0.29) is 74.6 Å². The minimum Gasteiger partial charge on any atom is -0.379 e. The van der Waals surface area contributed by atoms with Gasteiger partial charge in [-0.1, -0.05) is 0 Å². The van der Waals surface area contributed by atoms with E-state index in [1.807, 2.05) is 41.5 Å². The van der Waals surface area contributed by atoms with E-state index >= 15 is 0 Å². The van der Waals surface area contributed by atoms with Gasteiger partial charge in [0.05, 0.1) is 32.5 Å². The van der Waals surface area contributed by atoms with Crippen LogP contribution in [-0.2, 0) is 42.8 Å². The lowest BCUT2D eigenvalue weighted by molar-refractivity contribution is -0.151. The number of hydrogen-bond donors (Lipinski definition) is 4. The van der Waals surface area contributed by atoms with Crippen LogP contribution in [0.5, 0.6) is 0 Å². The molecule has 3 amide bonds. The van der Waals surface area contributed by atoms with Gasteiger partial charge in [-0.05, 0) is 75.0 Å². The molecule has 12 atom stereocenters. The maximum Gasteiger partial charge on any atom is 0.253 e. The highest BCUT2D eigenvalue weighted by atomic mass is 16.7. The number of carbonyl (C=O) groups is 3. The summed E-state index contributed by atoms with van der Waals surface area (Å²) < 4.78 is 36.3. The van der Waals surface area contributed by atoms with Crippen molar-refractivity contribution in [3.8, 4) is 0 Å². The average molecular weight is 640 g/mol. The Morgan fingerprint density at radius 3 is 1.28 bits per heavy atom. The normalized spacial score (nSPS) is 47.2. The number of amides is 3. The van der Waals surface area contributed by atoms with E-state index < -0.39 is 53.0 Å². The number of nitrogens with one attached hydrogen (secondary N) is 3. The van der Waals surface area contributed by atoms with Crippen LogP contribution in [0.15, 0.2) is 33.4 Å². The summed E-state index contributed by atoms with van der Waals surface area (Å²) in [6.45, 7) is 12.2. The summed E-state index contributed by atoms with van der Waals surface area (Å²) in [6, 6.07) is 0. The number of fused-ring (bicyclic) bond motifs is 15. The van der Waals surface area contributed by atoms with Gasteiger partial charge in [0, 0.05) is 0 Å². The summed E-state index contributed by atoms with van der Waals surface area (Å²) in [5.41, 5.74) is 1.62. The van der Waals surface area contributed by atoms with Gasteiger partial charge in [-0.15, -0.1) is 0 Å². The highest BCUT2D eigenvalue weighted by Gasteiger charge is 2.73. The van der Waals surface area contributed by atoms with Crippen molar-refractivity contribution in [3.63, 3.8) is 0 Å². The lowest BCUT2D eigenvalue weighted by atomic mass is 9.82. The van der Waals surface area contributed by atoms with E-state index in [4.69, 9.17) is 28.4 Å². The predicted octanol–water partition coefficient (Wildman–Crippen LogP) is -0.389. The molecule has 0 aromatic rings. The minimum atomic E-state index is -2.35. The second-order valence-corrected chi connectivity index (χ2v) is 14.9. The zero-order chi connectivity index (χ0) is 32.3. The fraction of sp³-hybridized carbons (Fsp3) is 0.727. The summed E-state index contributed by atoms with van der Waals surface area (Å²) in [5.74, 6) is -2.01. The van der Waals surface area contributed by atoms with E-state index in [2.05, 4.69) is 16.0 Å². The Hall–Kier alpha value is -2.65. The molecule has 6 saturated heterocycles. The standard InChI is InChI=1S/C33H41N3O10/c1-12-15(4)31(26-23(41-26)20(12)44-31)9-34-18(37)7-30(40,29(39)36-11-33-17(6)14(3)22(46-33)25-28(33)43-25)8-19(38)35-10-32-16(5)13(2)21(45-32)24-27(32)42-24/h20-28,40H,7-11H2,1-6H3,(H,34,37)(H,35,38)(H,36,39). The smallest absolute Gasteiger partial charge is 0.253 e. The molecule has 9 aliphatic rings. The van der Waals surface area contributed by atoms with Gasteiger partial charge in [0.25, 0.3) is 5.91 Å². The molecule has 0 spiro atoms. The zero-order valence-electron chi connectivity index (χ0n) is 26.9. The van der Waals surface area contributed by atoms with Gasteiger partial charge >= 0.3 is 0 Å². The molecular weight excluding hydrogens is 598 g/mol. The Labute approximate surface area is 266 Å². The molecular formula is C33H41N3O10. The molecule has 13 nitrogen and oxygen atoms in total. The van der Waals surface area contributed by atoms with E-state index in [0.29, 0.717) is 0 Å². The van der Waals surface area contributed by atoms with Crippen molar-refractivity contribution in [1.82, 2.24) is 16.0 Å². The van der Waals surface area contributed by atoms with Gasteiger partial charge in [0.2, 0.25) is 11.8 Å². The van der Waals surface area contributed by atoms with Crippen LogP contribution >= 0.6 is 0 Å². The Morgan fingerprint density at radius 1 is 0.609 bits per heavy atom. The quantitative estimate of drug-likeness (QED) is 0.172. The number of hydrogen-bond acceptors (Lipinski definition) is 10. The summed E-state index contributed by atoms with van der Waals surface area (Å²) in [5, 5.41) is 20.4. The topological polar surface area (TPSA) is 173 Å². The van der Waals surface area contributed by atoms with E-state index in [9.17, 15) is 19.5 Å². The third-order valence-corrected chi connectivity index (χ3v) is 12.8. The first-order valence-corrected chi connectivity index (χ1v) is 16.3. The molecule has 12 unspecified atom stereocenters. The molecule has 0 aromatic carbocycles. The number of carbonyl (C=O) groups excluding carboxylic acids is 3. The molecule has 0 aliphatic carbocycles. The second-order valence-electron chi connectivity index (χ2n) is 14.9. The largest absolute Gasteiger partial charge is 0.379 e. The summed E-state index contributed by atoms with van der Waals surface area (Å²) in [6.07, 6.45) is -2.14. The van der Waals surface area contributed by atoms with E-state index in [1.165, 1.54) is 0 Å². The van der Waals surface area contributed by atoms with Crippen molar-refractivity contribution in [2.75, 3.05) is 19.6 Å². The fourth-order valence-corrected chi connectivity index (χ4v) is 9.36. The van der Waals surface area contributed by atoms with Crippen LogP contribution in [0, 0.1) is 0 Å². The molecule has 0 radical (unpaired) electrons. The van der Waals surface area contributed by atoms with Crippen molar-refractivity contribution >= 4 is 17.7 Å². The summed E-state index contributed by atoms with van der Waals surface area (Å²) >= 11 is 0. The first kappa shape index (κ1) is 29.5. The van der Waals surface area contributed by atoms with Crippen LogP contribution in [0.1, 0.15) is 54.4 Å².